The third-order valence-electron chi connectivity index (χ3n) is 4.79. The Morgan fingerprint density at radius 3 is 2.62 bits per heavy atom. The van der Waals surface area contributed by atoms with Gasteiger partial charge >= 0.3 is 0 Å². The molecule has 1 aliphatic carbocycles. The fraction of sp³-hybridized carbons (Fsp3) is 0.667. The molecule has 3 nitrogen and oxygen atoms in total. The molecule has 0 spiro atoms. The summed E-state index contributed by atoms with van der Waals surface area (Å²) in [6.07, 6.45) is 4.25. The third-order valence-corrected chi connectivity index (χ3v) is 4.79. The molecule has 0 aromatic heterocycles. The highest BCUT2D eigenvalue weighted by Crippen LogP contribution is 2.32. The Bertz CT molecular complexity index is 395. The second-order valence-corrected chi connectivity index (χ2v) is 6.36. The van der Waals surface area contributed by atoms with Gasteiger partial charge in [0.1, 0.15) is 0 Å². The minimum Gasteiger partial charge on any atom is -0.395 e. The molecule has 0 aliphatic heterocycles. The monoisotopic (exact) mass is 291 g/mol. The van der Waals surface area contributed by atoms with E-state index in [2.05, 4.69) is 36.1 Å². The maximum absolute atomic E-state index is 10.3. The normalized spacial score (nSPS) is 26.2. The maximum Gasteiger partial charge on any atom is 0.0580 e. The first-order valence-electron chi connectivity index (χ1n) is 8.28. The quantitative estimate of drug-likeness (QED) is 0.812. The molecule has 3 unspecified atom stereocenters. The van der Waals surface area contributed by atoms with E-state index >= 15 is 0 Å². The van der Waals surface area contributed by atoms with Gasteiger partial charge in [-0.3, -0.25) is 4.90 Å². The predicted octanol–water partition coefficient (Wildman–Crippen LogP) is 2.67. The zero-order valence-electron chi connectivity index (χ0n) is 13.1. The summed E-state index contributed by atoms with van der Waals surface area (Å²) in [4.78, 5) is 2.28. The summed E-state index contributed by atoms with van der Waals surface area (Å²) in [5.41, 5.74) is 1.27. The maximum atomic E-state index is 10.3. The lowest BCUT2D eigenvalue weighted by Gasteiger charge is -2.36. The number of aliphatic hydroxyl groups excluding tert-OH is 2. The molecule has 118 valence electrons. The fourth-order valence-electron chi connectivity index (χ4n) is 3.46. The average molecular weight is 291 g/mol. The number of aliphatic hydroxyl groups is 2. The Morgan fingerprint density at radius 1 is 1.19 bits per heavy atom. The molecule has 1 aromatic carbocycles. The number of nitrogens with zero attached hydrogens (tertiary/aromatic N) is 1. The lowest BCUT2D eigenvalue weighted by atomic mass is 9.78. The Morgan fingerprint density at radius 2 is 1.95 bits per heavy atom. The summed E-state index contributed by atoms with van der Waals surface area (Å²) in [5.74, 6) is 1.10. The van der Waals surface area contributed by atoms with Gasteiger partial charge in [0, 0.05) is 19.6 Å². The Labute approximate surface area is 128 Å². The Balaban J connectivity index is 1.94. The molecule has 2 rings (SSSR count). The van der Waals surface area contributed by atoms with Gasteiger partial charge in [0.25, 0.3) is 0 Å². The second kappa shape index (κ2) is 8.52. The van der Waals surface area contributed by atoms with E-state index in [-0.39, 0.29) is 12.7 Å². The molecular formula is C18H29NO2. The van der Waals surface area contributed by atoms with E-state index in [1.807, 2.05) is 6.07 Å². The molecule has 3 atom stereocenters. The summed E-state index contributed by atoms with van der Waals surface area (Å²) in [5, 5.41) is 19.6. The van der Waals surface area contributed by atoms with Crippen LogP contribution in [0, 0.1) is 11.8 Å². The SMILES string of the molecule is CCC1CCC(O)C(CN(CCO)Cc2ccccc2)C1. The van der Waals surface area contributed by atoms with E-state index in [1.54, 1.807) is 0 Å². The van der Waals surface area contributed by atoms with Crippen LogP contribution < -0.4 is 0 Å². The van der Waals surface area contributed by atoms with Crippen LogP contribution in [0.1, 0.15) is 38.2 Å². The van der Waals surface area contributed by atoms with Crippen molar-refractivity contribution in [2.24, 2.45) is 11.8 Å². The van der Waals surface area contributed by atoms with Crippen molar-refractivity contribution >= 4 is 0 Å². The van der Waals surface area contributed by atoms with E-state index in [1.165, 1.54) is 12.0 Å². The van der Waals surface area contributed by atoms with Crippen LogP contribution in [0.25, 0.3) is 0 Å². The molecule has 1 fully saturated rings. The largest absolute Gasteiger partial charge is 0.395 e. The molecule has 0 saturated heterocycles. The van der Waals surface area contributed by atoms with Crippen molar-refractivity contribution < 1.29 is 10.2 Å². The molecule has 3 heteroatoms. The van der Waals surface area contributed by atoms with E-state index in [0.29, 0.717) is 12.5 Å². The molecular weight excluding hydrogens is 262 g/mol. The number of hydrogen-bond donors (Lipinski definition) is 2. The van der Waals surface area contributed by atoms with Crippen LogP contribution in [-0.2, 0) is 6.54 Å². The van der Waals surface area contributed by atoms with Gasteiger partial charge in [-0.05, 0) is 36.7 Å². The third kappa shape index (κ3) is 5.10. The van der Waals surface area contributed by atoms with E-state index < -0.39 is 0 Å². The van der Waals surface area contributed by atoms with Gasteiger partial charge in [0.15, 0.2) is 0 Å². The van der Waals surface area contributed by atoms with Gasteiger partial charge in [0.05, 0.1) is 12.7 Å². The zero-order valence-corrected chi connectivity index (χ0v) is 13.1. The lowest BCUT2D eigenvalue weighted by molar-refractivity contribution is 0.0222. The molecule has 1 aromatic rings. The smallest absolute Gasteiger partial charge is 0.0580 e. The first-order chi connectivity index (χ1) is 10.2. The van der Waals surface area contributed by atoms with E-state index in [0.717, 1.165) is 38.3 Å². The van der Waals surface area contributed by atoms with Gasteiger partial charge in [-0.2, -0.15) is 0 Å². The average Bonchev–Trinajstić information content (AvgIpc) is 2.51. The lowest BCUT2D eigenvalue weighted by Crippen LogP contribution is -2.39. The molecule has 21 heavy (non-hydrogen) atoms. The van der Waals surface area contributed by atoms with Crippen molar-refractivity contribution in [3.8, 4) is 0 Å². The van der Waals surface area contributed by atoms with Crippen LogP contribution in [0.3, 0.4) is 0 Å². The molecule has 0 bridgehead atoms. The van der Waals surface area contributed by atoms with Crippen molar-refractivity contribution in [3.63, 3.8) is 0 Å². The number of benzene rings is 1. The highest BCUT2D eigenvalue weighted by Gasteiger charge is 2.29. The second-order valence-electron chi connectivity index (χ2n) is 6.36. The van der Waals surface area contributed by atoms with E-state index in [9.17, 15) is 10.2 Å². The highest BCUT2D eigenvalue weighted by atomic mass is 16.3. The Hall–Kier alpha value is -0.900. The molecule has 0 radical (unpaired) electrons. The first kappa shape index (κ1) is 16.5. The van der Waals surface area contributed by atoms with Crippen LogP contribution in [-0.4, -0.2) is 40.9 Å². The van der Waals surface area contributed by atoms with Crippen LogP contribution >= 0.6 is 0 Å². The minimum atomic E-state index is -0.176. The van der Waals surface area contributed by atoms with Crippen LogP contribution in [0.4, 0.5) is 0 Å². The van der Waals surface area contributed by atoms with Gasteiger partial charge in [-0.15, -0.1) is 0 Å². The topological polar surface area (TPSA) is 43.7 Å². The summed E-state index contributed by atoms with van der Waals surface area (Å²) in [6.45, 7) is 4.82. The van der Waals surface area contributed by atoms with Crippen LogP contribution in [0.15, 0.2) is 30.3 Å². The summed E-state index contributed by atoms with van der Waals surface area (Å²) >= 11 is 0. The molecule has 1 saturated carbocycles. The number of rotatable bonds is 7. The van der Waals surface area contributed by atoms with Crippen molar-refractivity contribution in [2.75, 3.05) is 19.7 Å². The number of hydrogen-bond acceptors (Lipinski definition) is 3. The van der Waals surface area contributed by atoms with E-state index in [4.69, 9.17) is 0 Å². The van der Waals surface area contributed by atoms with Gasteiger partial charge in [-0.1, -0.05) is 43.7 Å². The first-order valence-corrected chi connectivity index (χ1v) is 8.28. The predicted molar refractivity (Wildman–Crippen MR) is 85.9 cm³/mol. The molecule has 0 amide bonds. The van der Waals surface area contributed by atoms with Crippen LogP contribution in [0.5, 0.6) is 0 Å². The van der Waals surface area contributed by atoms with Crippen molar-refractivity contribution in [3.05, 3.63) is 35.9 Å². The van der Waals surface area contributed by atoms with Crippen molar-refractivity contribution in [2.45, 2.75) is 45.3 Å². The summed E-state index contributed by atoms with van der Waals surface area (Å²) < 4.78 is 0. The molecule has 2 N–H and O–H groups in total. The minimum absolute atomic E-state index is 0.173. The zero-order chi connectivity index (χ0) is 15.1. The molecule has 1 aliphatic rings. The van der Waals surface area contributed by atoms with Crippen molar-refractivity contribution in [1.82, 2.24) is 4.90 Å². The van der Waals surface area contributed by atoms with Gasteiger partial charge in [-0.25, -0.2) is 0 Å². The fourth-order valence-corrected chi connectivity index (χ4v) is 3.46. The van der Waals surface area contributed by atoms with Crippen LogP contribution in [0.2, 0.25) is 0 Å². The van der Waals surface area contributed by atoms with Crippen molar-refractivity contribution in [1.29, 1.82) is 0 Å². The van der Waals surface area contributed by atoms with Gasteiger partial charge < -0.3 is 10.2 Å². The molecule has 0 heterocycles. The Kier molecular flexibility index (Phi) is 6.68. The van der Waals surface area contributed by atoms with Gasteiger partial charge in [0.2, 0.25) is 0 Å². The standard InChI is InChI=1S/C18H29NO2/c1-2-15-8-9-18(21)17(12-15)14-19(10-11-20)13-16-6-4-3-5-7-16/h3-7,15,17-18,20-21H,2,8-14H2,1H3. The highest BCUT2D eigenvalue weighted by molar-refractivity contribution is 5.14. The summed E-state index contributed by atoms with van der Waals surface area (Å²) in [7, 11) is 0. The summed E-state index contributed by atoms with van der Waals surface area (Å²) in [6, 6.07) is 10.4.